The first-order chi connectivity index (χ1) is 16.7. The van der Waals surface area contributed by atoms with Gasteiger partial charge in [0, 0.05) is 68.0 Å². The zero-order valence-electron chi connectivity index (χ0n) is 19.1. The van der Waals surface area contributed by atoms with Crippen LogP contribution in [0.5, 0.6) is 0 Å². The highest BCUT2D eigenvalue weighted by Gasteiger charge is 2.23. The van der Waals surface area contributed by atoms with E-state index in [-0.39, 0.29) is 22.2 Å². The van der Waals surface area contributed by atoms with Gasteiger partial charge in [-0.1, -0.05) is 12.1 Å². The van der Waals surface area contributed by atoms with Crippen LogP contribution in [0.2, 0.25) is 0 Å². The van der Waals surface area contributed by atoms with Crippen LogP contribution in [-0.4, -0.2) is 60.2 Å². The van der Waals surface area contributed by atoms with Crippen LogP contribution in [-0.2, 0) is 16.6 Å². The van der Waals surface area contributed by atoms with Crippen LogP contribution >= 0.6 is 0 Å². The summed E-state index contributed by atoms with van der Waals surface area (Å²) in [4.78, 5) is 31.4. The second-order valence-electron chi connectivity index (χ2n) is 8.32. The summed E-state index contributed by atoms with van der Waals surface area (Å²) >= 11 is 0. The molecule has 2 heterocycles. The Hall–Kier alpha value is -3.83. The molecule has 4 rings (SSSR count). The lowest BCUT2D eigenvalue weighted by Crippen LogP contribution is -2.48. The molecule has 0 atom stereocenters. The van der Waals surface area contributed by atoms with Crippen molar-refractivity contribution >= 4 is 27.3 Å². The number of benzene rings is 2. The standard InChI is InChI=1S/C24H25N5O5S/c1-18-4-9-22(15-23(18)29(31)32)35(33,34)26-21-7-5-20(6-8-21)24(30)28-13-11-27(12-14-28)17-19-3-2-10-25-16-19/h2-10,15-16,26H,11-14,17H2,1H3. The fourth-order valence-electron chi connectivity index (χ4n) is 3.89. The maximum atomic E-state index is 12.9. The molecule has 0 spiro atoms. The van der Waals surface area contributed by atoms with Crippen LogP contribution in [0.15, 0.2) is 71.9 Å². The number of pyridine rings is 1. The van der Waals surface area contributed by atoms with Crippen molar-refractivity contribution < 1.29 is 18.1 Å². The number of nitrogens with zero attached hydrogens (tertiary/aromatic N) is 4. The van der Waals surface area contributed by atoms with Gasteiger partial charge in [0.05, 0.1) is 9.82 Å². The first-order valence-corrected chi connectivity index (χ1v) is 12.5. The number of nitrogens with one attached hydrogen (secondary N) is 1. The third kappa shape index (κ3) is 5.81. The molecule has 0 radical (unpaired) electrons. The number of sulfonamides is 1. The Balaban J connectivity index is 1.37. The molecule has 0 unspecified atom stereocenters. The number of nitro groups is 1. The largest absolute Gasteiger partial charge is 0.336 e. The number of amides is 1. The number of hydrogen-bond acceptors (Lipinski definition) is 7. The average Bonchev–Trinajstić information content (AvgIpc) is 2.85. The topological polar surface area (TPSA) is 126 Å². The van der Waals surface area contributed by atoms with Crippen LogP contribution in [0.4, 0.5) is 11.4 Å². The van der Waals surface area contributed by atoms with Crippen molar-refractivity contribution in [3.63, 3.8) is 0 Å². The number of carbonyl (C=O) groups excluding carboxylic acids is 1. The van der Waals surface area contributed by atoms with Gasteiger partial charge in [-0.3, -0.25) is 29.5 Å². The molecule has 182 valence electrons. The molecule has 2 aromatic carbocycles. The molecule has 35 heavy (non-hydrogen) atoms. The Bertz CT molecular complexity index is 1320. The highest BCUT2D eigenvalue weighted by atomic mass is 32.2. The minimum atomic E-state index is -4.03. The maximum absolute atomic E-state index is 12.9. The molecular weight excluding hydrogens is 470 g/mol. The number of anilines is 1. The Morgan fingerprint density at radius 2 is 1.80 bits per heavy atom. The van der Waals surface area contributed by atoms with E-state index in [1.54, 1.807) is 30.2 Å². The van der Waals surface area contributed by atoms with Crippen molar-refractivity contribution in [2.45, 2.75) is 18.4 Å². The minimum Gasteiger partial charge on any atom is -0.336 e. The van der Waals surface area contributed by atoms with E-state index in [2.05, 4.69) is 14.6 Å². The molecule has 1 aliphatic rings. The van der Waals surface area contributed by atoms with Crippen LogP contribution in [0, 0.1) is 17.0 Å². The molecule has 1 aromatic heterocycles. The van der Waals surface area contributed by atoms with Crippen LogP contribution in [0.3, 0.4) is 0 Å². The monoisotopic (exact) mass is 495 g/mol. The summed E-state index contributed by atoms with van der Waals surface area (Å²) in [6, 6.07) is 13.8. The second-order valence-corrected chi connectivity index (χ2v) is 10.0. The SMILES string of the molecule is Cc1ccc(S(=O)(=O)Nc2ccc(C(=O)N3CCN(Cc4cccnc4)CC3)cc2)cc1[N+](=O)[O-]. The quantitative estimate of drug-likeness (QED) is 0.394. The van der Waals surface area contributed by atoms with Crippen molar-refractivity contribution in [1.82, 2.24) is 14.8 Å². The van der Waals surface area contributed by atoms with E-state index in [0.717, 1.165) is 31.3 Å². The Morgan fingerprint density at radius 1 is 1.09 bits per heavy atom. The summed E-state index contributed by atoms with van der Waals surface area (Å²) in [5.41, 5.74) is 1.94. The Kier molecular flexibility index (Phi) is 7.08. The number of rotatable bonds is 7. The number of aromatic nitrogens is 1. The molecule has 1 fully saturated rings. The lowest BCUT2D eigenvalue weighted by molar-refractivity contribution is -0.385. The van der Waals surface area contributed by atoms with Gasteiger partial charge in [0.2, 0.25) is 0 Å². The summed E-state index contributed by atoms with van der Waals surface area (Å²) in [6.07, 6.45) is 3.58. The molecule has 10 nitrogen and oxygen atoms in total. The lowest BCUT2D eigenvalue weighted by Gasteiger charge is -2.34. The second kappa shape index (κ2) is 10.2. The van der Waals surface area contributed by atoms with Gasteiger partial charge >= 0.3 is 0 Å². The lowest BCUT2D eigenvalue weighted by atomic mass is 10.1. The van der Waals surface area contributed by atoms with Gasteiger partial charge in [-0.25, -0.2) is 8.42 Å². The molecule has 11 heteroatoms. The third-order valence-electron chi connectivity index (χ3n) is 5.86. The number of carbonyl (C=O) groups is 1. The van der Waals surface area contributed by atoms with E-state index in [1.165, 1.54) is 24.3 Å². The van der Waals surface area contributed by atoms with E-state index in [4.69, 9.17) is 0 Å². The van der Waals surface area contributed by atoms with Crippen molar-refractivity contribution in [2.75, 3.05) is 30.9 Å². The molecule has 1 N–H and O–H groups in total. The van der Waals surface area contributed by atoms with Crippen molar-refractivity contribution in [1.29, 1.82) is 0 Å². The minimum absolute atomic E-state index is 0.116. The smallest absolute Gasteiger partial charge is 0.273 e. The molecule has 3 aromatic rings. The van der Waals surface area contributed by atoms with E-state index < -0.39 is 14.9 Å². The van der Waals surface area contributed by atoms with Crippen molar-refractivity contribution in [2.24, 2.45) is 0 Å². The van der Waals surface area contributed by atoms with E-state index in [0.29, 0.717) is 24.2 Å². The predicted octanol–water partition coefficient (Wildman–Crippen LogP) is 3.06. The summed E-state index contributed by atoms with van der Waals surface area (Å²) < 4.78 is 27.8. The maximum Gasteiger partial charge on any atom is 0.273 e. The summed E-state index contributed by atoms with van der Waals surface area (Å²) in [7, 11) is -4.03. The molecule has 0 saturated carbocycles. The van der Waals surface area contributed by atoms with Crippen molar-refractivity contribution in [3.8, 4) is 0 Å². The molecule has 1 amide bonds. The first kappa shape index (κ1) is 24.3. The first-order valence-electron chi connectivity index (χ1n) is 11.0. The number of piperazine rings is 1. The van der Waals surface area contributed by atoms with E-state index in [1.807, 2.05) is 18.3 Å². The number of hydrogen-bond donors (Lipinski definition) is 1. The average molecular weight is 496 g/mol. The van der Waals surface area contributed by atoms with Gasteiger partial charge in [0.1, 0.15) is 0 Å². The molecule has 0 aliphatic carbocycles. The van der Waals surface area contributed by atoms with Crippen LogP contribution in [0.25, 0.3) is 0 Å². The normalized spacial score (nSPS) is 14.5. The number of aryl methyl sites for hydroxylation is 1. The number of nitro benzene ring substituents is 1. The van der Waals surface area contributed by atoms with Crippen LogP contribution < -0.4 is 4.72 Å². The summed E-state index contributed by atoms with van der Waals surface area (Å²) in [5.74, 6) is -0.116. The summed E-state index contributed by atoms with van der Waals surface area (Å²) in [6.45, 7) is 5.02. The Morgan fingerprint density at radius 3 is 2.43 bits per heavy atom. The highest BCUT2D eigenvalue weighted by molar-refractivity contribution is 7.92. The zero-order valence-corrected chi connectivity index (χ0v) is 19.9. The van der Waals surface area contributed by atoms with Gasteiger partial charge in [-0.2, -0.15) is 0 Å². The Labute approximate surface area is 203 Å². The van der Waals surface area contributed by atoms with Gasteiger partial charge in [0.15, 0.2) is 0 Å². The molecular formula is C24H25N5O5S. The third-order valence-corrected chi connectivity index (χ3v) is 7.24. The predicted molar refractivity (Wildman–Crippen MR) is 131 cm³/mol. The fourth-order valence-corrected chi connectivity index (χ4v) is 4.97. The summed E-state index contributed by atoms with van der Waals surface area (Å²) in [5, 5.41) is 11.1. The van der Waals surface area contributed by atoms with Gasteiger partial charge in [-0.15, -0.1) is 0 Å². The van der Waals surface area contributed by atoms with Crippen molar-refractivity contribution in [3.05, 3.63) is 93.8 Å². The zero-order chi connectivity index (χ0) is 25.0. The van der Waals surface area contributed by atoms with E-state index >= 15 is 0 Å². The van der Waals surface area contributed by atoms with E-state index in [9.17, 15) is 23.3 Å². The fraction of sp³-hybridized carbons (Fsp3) is 0.250. The highest BCUT2D eigenvalue weighted by Crippen LogP contribution is 2.24. The van der Waals surface area contributed by atoms with Gasteiger partial charge < -0.3 is 4.90 Å². The molecule has 1 saturated heterocycles. The van der Waals surface area contributed by atoms with Gasteiger partial charge in [0.25, 0.3) is 21.6 Å². The van der Waals surface area contributed by atoms with Crippen LogP contribution in [0.1, 0.15) is 21.5 Å². The molecule has 1 aliphatic heterocycles. The molecule has 0 bridgehead atoms. The van der Waals surface area contributed by atoms with Gasteiger partial charge in [-0.05, 0) is 48.9 Å².